The van der Waals surface area contributed by atoms with Crippen molar-refractivity contribution in [3.8, 4) is 0 Å². The largest absolute Gasteiger partial charge is 0.481 e. The maximum Gasteiger partial charge on any atom is 0.315 e. The molecule has 0 aromatic rings. The normalized spacial score (nSPS) is 31.5. The number of carbonyl (C=O) groups is 2. The summed E-state index contributed by atoms with van der Waals surface area (Å²) in [5.41, 5.74) is 0. The maximum absolute atomic E-state index is 11.2. The van der Waals surface area contributed by atoms with Crippen LogP contribution in [0.5, 0.6) is 0 Å². The van der Waals surface area contributed by atoms with Crippen molar-refractivity contribution in [3.63, 3.8) is 0 Å². The van der Waals surface area contributed by atoms with Crippen LogP contribution >= 0.6 is 0 Å². The van der Waals surface area contributed by atoms with Crippen molar-refractivity contribution in [2.45, 2.75) is 57.0 Å². The first-order chi connectivity index (χ1) is 8.15. The summed E-state index contributed by atoms with van der Waals surface area (Å²) >= 11 is 0. The minimum atomic E-state index is -0.707. The number of carboxylic acids is 1. The monoisotopic (exact) mass is 240 g/mol. The van der Waals surface area contributed by atoms with Crippen LogP contribution in [0.1, 0.15) is 44.9 Å². The summed E-state index contributed by atoms with van der Waals surface area (Å²) in [4.78, 5) is 21.5. The number of rotatable bonds is 5. The van der Waals surface area contributed by atoms with Gasteiger partial charge >= 0.3 is 12.0 Å². The topological polar surface area (TPSA) is 78.4 Å². The number of carbonyl (C=O) groups excluding carboxylic acids is 1. The van der Waals surface area contributed by atoms with Gasteiger partial charge in [-0.1, -0.05) is 12.8 Å². The van der Waals surface area contributed by atoms with Gasteiger partial charge in [0.05, 0.1) is 12.1 Å². The average molecular weight is 240 g/mol. The van der Waals surface area contributed by atoms with Crippen LogP contribution < -0.4 is 10.6 Å². The fraction of sp³-hybridized carbons (Fsp3) is 0.833. The van der Waals surface area contributed by atoms with Crippen molar-refractivity contribution in [2.75, 3.05) is 0 Å². The summed E-state index contributed by atoms with van der Waals surface area (Å²) in [5.74, 6) is -0.0637. The molecular formula is C12H20N2O3. The first-order valence-corrected chi connectivity index (χ1v) is 6.44. The molecule has 1 heterocycles. The predicted octanol–water partition coefficient (Wildman–Crippen LogP) is 1.48. The number of hydrogen-bond donors (Lipinski definition) is 3. The summed E-state index contributed by atoms with van der Waals surface area (Å²) < 4.78 is 0. The van der Waals surface area contributed by atoms with E-state index >= 15 is 0 Å². The molecule has 3 unspecified atom stereocenters. The van der Waals surface area contributed by atoms with Crippen molar-refractivity contribution in [2.24, 2.45) is 5.92 Å². The van der Waals surface area contributed by atoms with Gasteiger partial charge in [0.25, 0.3) is 0 Å². The first-order valence-electron chi connectivity index (χ1n) is 6.44. The number of urea groups is 1. The van der Waals surface area contributed by atoms with Gasteiger partial charge in [0.2, 0.25) is 0 Å². The van der Waals surface area contributed by atoms with Crippen molar-refractivity contribution in [3.05, 3.63) is 0 Å². The van der Waals surface area contributed by atoms with E-state index in [0.717, 1.165) is 38.5 Å². The Morgan fingerprint density at radius 1 is 1.24 bits per heavy atom. The van der Waals surface area contributed by atoms with Gasteiger partial charge in [0.1, 0.15) is 0 Å². The quantitative estimate of drug-likeness (QED) is 0.637. The number of fused-ring (bicyclic) bond motifs is 1. The van der Waals surface area contributed by atoms with Gasteiger partial charge in [-0.05, 0) is 31.6 Å². The standard InChI is InChI=1S/C12H20N2O3/c15-11(16)4-2-1-3-8-5-6-9-10(7-8)14-12(17)13-9/h8-10H,1-7H2,(H,15,16)(H2,13,14,17). The number of nitrogens with one attached hydrogen (secondary N) is 2. The van der Waals surface area contributed by atoms with Gasteiger partial charge in [0.15, 0.2) is 0 Å². The van der Waals surface area contributed by atoms with Crippen LogP contribution in [0.3, 0.4) is 0 Å². The minimum Gasteiger partial charge on any atom is -0.481 e. The van der Waals surface area contributed by atoms with E-state index < -0.39 is 5.97 Å². The zero-order valence-electron chi connectivity index (χ0n) is 9.95. The Bertz CT molecular complexity index is 306. The van der Waals surface area contributed by atoms with E-state index in [-0.39, 0.29) is 12.5 Å². The number of aliphatic carboxylic acids is 1. The molecule has 96 valence electrons. The van der Waals surface area contributed by atoms with Gasteiger partial charge in [-0.15, -0.1) is 0 Å². The van der Waals surface area contributed by atoms with Gasteiger partial charge in [-0.2, -0.15) is 0 Å². The molecule has 0 aromatic carbocycles. The SMILES string of the molecule is O=C(O)CCCCC1CCC2NC(=O)NC2C1. The second-order valence-electron chi connectivity index (χ2n) is 5.15. The molecule has 0 spiro atoms. The van der Waals surface area contributed by atoms with E-state index in [9.17, 15) is 9.59 Å². The third kappa shape index (κ3) is 3.35. The van der Waals surface area contributed by atoms with Crippen LogP contribution in [0.25, 0.3) is 0 Å². The summed E-state index contributed by atoms with van der Waals surface area (Å²) in [6.07, 6.45) is 6.35. The molecule has 0 bridgehead atoms. The Kier molecular flexibility index (Phi) is 3.86. The van der Waals surface area contributed by atoms with Crippen molar-refractivity contribution in [1.82, 2.24) is 10.6 Å². The van der Waals surface area contributed by atoms with Crippen LogP contribution in [0.2, 0.25) is 0 Å². The Morgan fingerprint density at radius 3 is 2.76 bits per heavy atom. The molecule has 2 rings (SSSR count). The third-order valence-corrected chi connectivity index (χ3v) is 3.84. The van der Waals surface area contributed by atoms with Gasteiger partial charge in [-0.25, -0.2) is 4.79 Å². The second-order valence-corrected chi connectivity index (χ2v) is 5.15. The van der Waals surface area contributed by atoms with E-state index in [2.05, 4.69) is 10.6 Å². The van der Waals surface area contributed by atoms with Crippen LogP contribution in [0, 0.1) is 5.92 Å². The van der Waals surface area contributed by atoms with Crippen molar-refractivity contribution >= 4 is 12.0 Å². The minimum absolute atomic E-state index is 0.0356. The van der Waals surface area contributed by atoms with Gasteiger partial charge in [-0.3, -0.25) is 4.79 Å². The van der Waals surface area contributed by atoms with E-state index in [0.29, 0.717) is 18.0 Å². The lowest BCUT2D eigenvalue weighted by atomic mass is 9.80. The average Bonchev–Trinajstić information content (AvgIpc) is 2.63. The van der Waals surface area contributed by atoms with E-state index in [1.54, 1.807) is 0 Å². The number of carboxylic acid groups (broad SMARTS) is 1. The summed E-state index contributed by atoms with van der Waals surface area (Å²) in [5, 5.41) is 14.4. The van der Waals surface area contributed by atoms with Crippen molar-refractivity contribution in [1.29, 1.82) is 0 Å². The summed E-state index contributed by atoms with van der Waals surface area (Å²) in [7, 11) is 0. The van der Waals surface area contributed by atoms with Crippen LogP contribution in [0.4, 0.5) is 4.79 Å². The highest BCUT2D eigenvalue weighted by Crippen LogP contribution is 2.30. The molecule has 17 heavy (non-hydrogen) atoms. The van der Waals surface area contributed by atoms with E-state index in [1.807, 2.05) is 0 Å². The Hall–Kier alpha value is -1.26. The molecule has 1 aliphatic heterocycles. The van der Waals surface area contributed by atoms with Crippen LogP contribution in [-0.2, 0) is 4.79 Å². The first kappa shape index (κ1) is 12.2. The number of unbranched alkanes of at least 4 members (excludes halogenated alkanes) is 1. The lowest BCUT2D eigenvalue weighted by Gasteiger charge is -2.30. The maximum atomic E-state index is 11.2. The molecular weight excluding hydrogens is 220 g/mol. The molecule has 1 saturated heterocycles. The second kappa shape index (κ2) is 5.38. The highest BCUT2D eigenvalue weighted by atomic mass is 16.4. The number of hydrogen-bond acceptors (Lipinski definition) is 2. The fourth-order valence-corrected chi connectivity index (χ4v) is 2.94. The molecule has 5 heteroatoms. The highest BCUT2D eigenvalue weighted by molar-refractivity contribution is 5.77. The zero-order valence-corrected chi connectivity index (χ0v) is 9.95. The van der Waals surface area contributed by atoms with Crippen LogP contribution in [0.15, 0.2) is 0 Å². The van der Waals surface area contributed by atoms with Crippen LogP contribution in [-0.4, -0.2) is 29.2 Å². The highest BCUT2D eigenvalue weighted by Gasteiger charge is 2.36. The van der Waals surface area contributed by atoms with Crippen molar-refractivity contribution < 1.29 is 14.7 Å². The zero-order chi connectivity index (χ0) is 12.3. The fourth-order valence-electron chi connectivity index (χ4n) is 2.94. The van der Waals surface area contributed by atoms with Gasteiger partial charge < -0.3 is 15.7 Å². The molecule has 0 aromatic heterocycles. The Labute approximate surface area is 101 Å². The van der Waals surface area contributed by atoms with E-state index in [4.69, 9.17) is 5.11 Å². The summed E-state index contributed by atoms with van der Waals surface area (Å²) in [6.45, 7) is 0. The molecule has 3 N–H and O–H groups in total. The number of amides is 2. The van der Waals surface area contributed by atoms with E-state index in [1.165, 1.54) is 0 Å². The lowest BCUT2D eigenvalue weighted by molar-refractivity contribution is -0.137. The molecule has 0 radical (unpaired) electrons. The molecule has 5 nitrogen and oxygen atoms in total. The predicted molar refractivity (Wildman–Crippen MR) is 62.7 cm³/mol. The molecule has 1 aliphatic carbocycles. The smallest absolute Gasteiger partial charge is 0.315 e. The molecule has 2 amide bonds. The molecule has 3 atom stereocenters. The molecule has 2 aliphatic rings. The Morgan fingerprint density at radius 2 is 2.00 bits per heavy atom. The van der Waals surface area contributed by atoms with Gasteiger partial charge in [0, 0.05) is 6.42 Å². The lowest BCUT2D eigenvalue weighted by Crippen LogP contribution is -2.39. The summed E-state index contributed by atoms with van der Waals surface area (Å²) in [6, 6.07) is 0.574. The third-order valence-electron chi connectivity index (χ3n) is 3.84. The Balaban J connectivity index is 1.66. The molecule has 2 fully saturated rings. The molecule has 1 saturated carbocycles.